The first-order valence-electron chi connectivity index (χ1n) is 14.2. The van der Waals surface area contributed by atoms with Gasteiger partial charge in [-0.3, -0.25) is 9.69 Å². The van der Waals surface area contributed by atoms with Crippen LogP contribution in [0.4, 0.5) is 26.3 Å². The van der Waals surface area contributed by atoms with Crippen molar-refractivity contribution in [3.8, 4) is 0 Å². The van der Waals surface area contributed by atoms with Gasteiger partial charge in [0, 0.05) is 32.2 Å². The third-order valence-electron chi connectivity index (χ3n) is 8.55. The third kappa shape index (κ3) is 7.52. The summed E-state index contributed by atoms with van der Waals surface area (Å²) in [6.07, 6.45) is -4.26. The second kappa shape index (κ2) is 13.4. The van der Waals surface area contributed by atoms with Crippen LogP contribution in [0.15, 0.2) is 72.6 Å². The Morgan fingerprint density at radius 2 is 1.52 bits per heavy atom. The average Bonchev–Trinajstić information content (AvgIpc) is 3.01. The van der Waals surface area contributed by atoms with Crippen molar-refractivity contribution in [3.63, 3.8) is 0 Å². The highest BCUT2D eigenvalue weighted by atomic mass is 35.5. The number of hydrogen-bond acceptors (Lipinski definition) is 5. The number of alkyl halides is 6. The fourth-order valence-corrected chi connectivity index (χ4v) is 6.22. The summed E-state index contributed by atoms with van der Waals surface area (Å²) in [4.78, 5) is 18.0. The van der Waals surface area contributed by atoms with Crippen LogP contribution in [0.25, 0.3) is 0 Å². The second-order valence-electron chi connectivity index (χ2n) is 11.2. The molecule has 240 valence electrons. The highest BCUT2D eigenvalue weighted by Crippen LogP contribution is 2.41. The Morgan fingerprint density at radius 1 is 0.932 bits per heavy atom. The van der Waals surface area contributed by atoms with E-state index in [1.807, 2.05) is 30.4 Å². The normalized spacial score (nSPS) is 23.7. The summed E-state index contributed by atoms with van der Waals surface area (Å²) in [5.41, 5.74) is -3.10. The Hall–Kier alpha value is -3.22. The Morgan fingerprint density at radius 3 is 2.05 bits per heavy atom. The Balaban J connectivity index is 0.00000442. The van der Waals surface area contributed by atoms with Crippen LogP contribution in [0.5, 0.6) is 0 Å². The molecule has 2 aliphatic heterocycles. The standard InChI is InChI=1S/C31H33F6N3O3.ClH/c32-30(33,34)23-17-21(18-24(19-23)31(35,36)37)27(41)28(42)38-29(22-5-2-1-3-6-22)10-8-25(9-11-29)39-12-14-40(15-13-39)26-7-4-16-43-20-26;/h1-7,17-20,25,27,41H,8-16H2,(H,38,42);1H/t25-,27?,29-;. The summed E-state index contributed by atoms with van der Waals surface area (Å²) in [5, 5.41) is 13.6. The molecule has 1 unspecified atom stereocenters. The predicted molar refractivity (Wildman–Crippen MR) is 153 cm³/mol. The van der Waals surface area contributed by atoms with Gasteiger partial charge in [-0.15, -0.1) is 12.4 Å². The lowest BCUT2D eigenvalue weighted by atomic mass is 9.74. The van der Waals surface area contributed by atoms with E-state index in [9.17, 15) is 36.2 Å². The number of aliphatic hydroxyl groups excluding tert-OH is 1. The van der Waals surface area contributed by atoms with Gasteiger partial charge in [-0.2, -0.15) is 26.3 Å². The topological polar surface area (TPSA) is 65.0 Å². The van der Waals surface area contributed by atoms with Crippen LogP contribution >= 0.6 is 12.4 Å². The lowest BCUT2D eigenvalue weighted by molar-refractivity contribution is -0.144. The Labute approximate surface area is 257 Å². The van der Waals surface area contributed by atoms with Crippen molar-refractivity contribution in [2.75, 3.05) is 32.8 Å². The van der Waals surface area contributed by atoms with E-state index in [1.165, 1.54) is 0 Å². The van der Waals surface area contributed by atoms with Crippen LogP contribution in [0.3, 0.4) is 0 Å². The molecule has 2 aromatic rings. The predicted octanol–water partition coefficient (Wildman–Crippen LogP) is 6.18. The molecule has 2 heterocycles. The van der Waals surface area contributed by atoms with Crippen molar-refractivity contribution >= 4 is 18.3 Å². The van der Waals surface area contributed by atoms with E-state index in [-0.39, 0.29) is 24.5 Å². The first-order valence-corrected chi connectivity index (χ1v) is 14.2. The highest BCUT2D eigenvalue weighted by Gasteiger charge is 2.42. The number of allylic oxidation sites excluding steroid dienone is 1. The molecule has 1 atom stereocenters. The van der Waals surface area contributed by atoms with E-state index < -0.39 is 46.6 Å². The molecule has 0 bridgehead atoms. The number of nitrogens with one attached hydrogen (secondary N) is 1. The molecule has 3 aliphatic rings. The number of hydrogen-bond donors (Lipinski definition) is 2. The molecule has 0 radical (unpaired) electrons. The quantitative estimate of drug-likeness (QED) is 0.368. The number of piperazine rings is 1. The van der Waals surface area contributed by atoms with Crippen LogP contribution in [-0.2, 0) is 27.4 Å². The molecular formula is C31H34ClF6N3O3. The van der Waals surface area contributed by atoms with Gasteiger partial charge in [0.2, 0.25) is 0 Å². The largest absolute Gasteiger partial charge is 0.495 e. The first-order chi connectivity index (χ1) is 20.4. The average molecular weight is 646 g/mol. The van der Waals surface area contributed by atoms with Gasteiger partial charge in [0.1, 0.15) is 12.9 Å². The molecule has 2 aromatic carbocycles. The van der Waals surface area contributed by atoms with E-state index in [0.717, 1.165) is 37.4 Å². The zero-order chi connectivity index (χ0) is 30.8. The van der Waals surface area contributed by atoms with Gasteiger partial charge in [0.25, 0.3) is 5.91 Å². The van der Waals surface area contributed by atoms with Crippen molar-refractivity contribution < 1.29 is 41.0 Å². The number of rotatable bonds is 6. The maximum atomic E-state index is 13.4. The molecule has 6 nitrogen and oxygen atoms in total. The lowest BCUT2D eigenvalue weighted by Gasteiger charge is -2.47. The molecule has 0 spiro atoms. The van der Waals surface area contributed by atoms with Gasteiger partial charge in [0.15, 0.2) is 6.10 Å². The smallest absolute Gasteiger partial charge is 0.416 e. The van der Waals surface area contributed by atoms with Crippen LogP contribution in [0.2, 0.25) is 0 Å². The molecule has 13 heteroatoms. The SMILES string of the molecule is Cl.O=C(N[C@]1(c2ccccc2)CC[C@@H](N2CCN(C3=COCC=C3)CC2)CC1)C(O)c1cc(C(F)(F)F)cc(C(F)(F)F)c1. The summed E-state index contributed by atoms with van der Waals surface area (Å²) >= 11 is 0. The summed E-state index contributed by atoms with van der Waals surface area (Å²) in [7, 11) is 0. The highest BCUT2D eigenvalue weighted by molar-refractivity contribution is 5.85. The molecule has 2 fully saturated rings. The minimum Gasteiger partial charge on any atom is -0.495 e. The maximum absolute atomic E-state index is 13.4. The van der Waals surface area contributed by atoms with Crippen LogP contribution in [0, 0.1) is 0 Å². The number of halogens is 7. The summed E-state index contributed by atoms with van der Waals surface area (Å²) < 4.78 is 85.8. The molecule has 1 amide bonds. The Kier molecular flexibility index (Phi) is 10.3. The molecule has 1 saturated carbocycles. The van der Waals surface area contributed by atoms with Gasteiger partial charge >= 0.3 is 12.4 Å². The molecule has 1 aliphatic carbocycles. The number of aliphatic hydroxyl groups is 1. The summed E-state index contributed by atoms with van der Waals surface area (Å²) in [5.74, 6) is -1.06. The Bertz CT molecular complexity index is 1320. The van der Waals surface area contributed by atoms with Crippen molar-refractivity contribution in [1.29, 1.82) is 0 Å². The first kappa shape index (κ1) is 33.7. The maximum Gasteiger partial charge on any atom is 0.416 e. The number of benzene rings is 2. The summed E-state index contributed by atoms with van der Waals surface area (Å²) in [6.45, 7) is 3.92. The van der Waals surface area contributed by atoms with Crippen molar-refractivity contribution in [2.24, 2.45) is 0 Å². The molecular weight excluding hydrogens is 612 g/mol. The van der Waals surface area contributed by atoms with Crippen molar-refractivity contribution in [1.82, 2.24) is 15.1 Å². The fraction of sp³-hybridized carbons (Fsp3) is 0.452. The number of carbonyl (C=O) groups is 1. The number of amides is 1. The molecule has 5 rings (SSSR count). The monoisotopic (exact) mass is 645 g/mol. The number of nitrogens with zero attached hydrogens (tertiary/aromatic N) is 2. The van der Waals surface area contributed by atoms with Crippen LogP contribution in [-0.4, -0.2) is 59.6 Å². The van der Waals surface area contributed by atoms with E-state index in [4.69, 9.17) is 4.74 Å². The van der Waals surface area contributed by atoms with E-state index in [1.54, 1.807) is 18.4 Å². The van der Waals surface area contributed by atoms with Gasteiger partial charge in [-0.1, -0.05) is 30.3 Å². The van der Waals surface area contributed by atoms with E-state index >= 15 is 0 Å². The van der Waals surface area contributed by atoms with Crippen molar-refractivity contribution in [3.05, 3.63) is 94.9 Å². The van der Waals surface area contributed by atoms with Gasteiger partial charge < -0.3 is 20.1 Å². The minimum atomic E-state index is -5.10. The van der Waals surface area contributed by atoms with Crippen molar-refractivity contribution in [2.45, 2.75) is 55.7 Å². The molecule has 44 heavy (non-hydrogen) atoms. The second-order valence-corrected chi connectivity index (χ2v) is 11.2. The fourth-order valence-electron chi connectivity index (χ4n) is 6.22. The summed E-state index contributed by atoms with van der Waals surface area (Å²) in [6, 6.07) is 10.0. The van der Waals surface area contributed by atoms with Crippen LogP contribution < -0.4 is 5.32 Å². The van der Waals surface area contributed by atoms with Crippen LogP contribution in [0.1, 0.15) is 54.0 Å². The lowest BCUT2D eigenvalue weighted by Crippen LogP contribution is -2.55. The number of ether oxygens (including phenoxy) is 1. The molecule has 0 aromatic heterocycles. The van der Waals surface area contributed by atoms with E-state index in [0.29, 0.717) is 44.4 Å². The number of carbonyl (C=O) groups excluding carboxylic acids is 1. The van der Waals surface area contributed by atoms with E-state index in [2.05, 4.69) is 15.1 Å². The van der Waals surface area contributed by atoms with Gasteiger partial charge in [0.05, 0.1) is 22.4 Å². The zero-order valence-corrected chi connectivity index (χ0v) is 24.5. The molecule has 2 N–H and O–H groups in total. The zero-order valence-electron chi connectivity index (χ0n) is 23.7. The molecule has 1 saturated heterocycles. The third-order valence-corrected chi connectivity index (χ3v) is 8.55. The van der Waals surface area contributed by atoms with Gasteiger partial charge in [-0.05, 0) is 67.2 Å². The van der Waals surface area contributed by atoms with Gasteiger partial charge in [-0.25, -0.2) is 0 Å². The minimum absolute atomic E-state index is 0.